The molecule has 3 atom stereocenters. The zero-order valence-electron chi connectivity index (χ0n) is 12.3. The summed E-state index contributed by atoms with van der Waals surface area (Å²) >= 11 is 0. The molecule has 0 saturated heterocycles. The topological polar surface area (TPSA) is 128 Å². The van der Waals surface area contributed by atoms with E-state index >= 15 is 0 Å². The number of carbonyl (C=O) groups excluding carboxylic acids is 2. The van der Waals surface area contributed by atoms with E-state index in [0.717, 1.165) is 12.2 Å². The van der Waals surface area contributed by atoms with E-state index in [0.29, 0.717) is 6.42 Å². The predicted molar refractivity (Wildman–Crippen MR) is 78.7 cm³/mol. The van der Waals surface area contributed by atoms with E-state index in [4.69, 9.17) is 10.6 Å². The zero-order valence-corrected chi connectivity index (χ0v) is 13.2. The summed E-state index contributed by atoms with van der Waals surface area (Å²) in [5.74, 6) is -1.55. The van der Waals surface area contributed by atoms with Crippen LogP contribution in [0, 0.1) is 0 Å². The molecule has 1 rings (SSSR count). The Hall–Kier alpha value is -1.73. The number of carbonyl (C=O) groups is 2. The van der Waals surface area contributed by atoms with Gasteiger partial charge in [-0.3, -0.25) is 14.2 Å². The average Bonchev–Trinajstić information content (AvgIpc) is 2.44. The van der Waals surface area contributed by atoms with E-state index in [-0.39, 0.29) is 0 Å². The number of nitrogens with two attached hydrogens (primary N) is 1. The molecule has 0 radical (unpaired) electrons. The van der Waals surface area contributed by atoms with Gasteiger partial charge in [0.1, 0.15) is 6.04 Å². The summed E-state index contributed by atoms with van der Waals surface area (Å²) in [6.45, 7) is 2.20. The van der Waals surface area contributed by atoms with E-state index in [1.807, 2.05) is 30.3 Å². The summed E-state index contributed by atoms with van der Waals surface area (Å²) in [7, 11) is -3.94. The van der Waals surface area contributed by atoms with Crippen molar-refractivity contribution in [2.45, 2.75) is 25.4 Å². The second-order valence-corrected chi connectivity index (χ2v) is 6.56. The van der Waals surface area contributed by atoms with Crippen LogP contribution in [-0.4, -0.2) is 35.5 Å². The van der Waals surface area contributed by atoms with Gasteiger partial charge in [-0.05, 0) is 18.9 Å². The highest BCUT2D eigenvalue weighted by Gasteiger charge is 2.24. The van der Waals surface area contributed by atoms with Crippen LogP contribution in [0.1, 0.15) is 12.5 Å². The van der Waals surface area contributed by atoms with Gasteiger partial charge in [0.05, 0.1) is 6.04 Å². The molecule has 1 aromatic carbocycles. The molecule has 1 amide bonds. The number of nitrogens with one attached hydrogen (secondary N) is 1. The minimum atomic E-state index is -3.94. The standard InChI is InChI=1S/C13H19N2O6P/c1-9(13(17)20-21-22(2,18)19)15-12(16)11(14)8-10-6-4-3-5-7-10/h3-7,9,11H,8,14H2,1-2H3,(H,15,16)(H,18,19)/t9-,11-/m0/s1. The third kappa shape index (κ3) is 6.82. The fourth-order valence-corrected chi connectivity index (χ4v) is 1.73. The molecule has 0 aromatic heterocycles. The molecule has 9 heteroatoms. The van der Waals surface area contributed by atoms with Gasteiger partial charge in [0, 0.05) is 6.66 Å². The molecule has 0 aliphatic carbocycles. The van der Waals surface area contributed by atoms with Gasteiger partial charge in [-0.2, -0.15) is 0 Å². The number of hydrogen-bond donors (Lipinski definition) is 3. The molecule has 22 heavy (non-hydrogen) atoms. The van der Waals surface area contributed by atoms with Crippen molar-refractivity contribution < 1.29 is 28.6 Å². The van der Waals surface area contributed by atoms with Gasteiger partial charge >= 0.3 is 13.6 Å². The largest absolute Gasteiger partial charge is 0.364 e. The molecule has 0 spiro atoms. The molecule has 0 bridgehead atoms. The molecule has 0 fully saturated rings. The first-order valence-corrected chi connectivity index (χ1v) is 8.52. The van der Waals surface area contributed by atoms with Crippen molar-refractivity contribution in [2.24, 2.45) is 5.73 Å². The molecular formula is C13H19N2O6P. The van der Waals surface area contributed by atoms with Crippen LogP contribution in [-0.2, 0) is 30.1 Å². The summed E-state index contributed by atoms with van der Waals surface area (Å²) in [5.41, 5.74) is 6.65. The van der Waals surface area contributed by atoms with Crippen LogP contribution in [0.2, 0.25) is 0 Å². The molecule has 4 N–H and O–H groups in total. The average molecular weight is 330 g/mol. The summed E-state index contributed by atoms with van der Waals surface area (Å²) in [4.78, 5) is 36.3. The number of rotatable bonds is 7. The number of amides is 1. The highest BCUT2D eigenvalue weighted by molar-refractivity contribution is 7.51. The highest BCUT2D eigenvalue weighted by Crippen LogP contribution is 2.36. The first-order chi connectivity index (χ1) is 10.2. The third-order valence-corrected chi connectivity index (χ3v) is 2.96. The molecular weight excluding hydrogens is 311 g/mol. The van der Waals surface area contributed by atoms with E-state index in [9.17, 15) is 14.2 Å². The van der Waals surface area contributed by atoms with Crippen molar-refractivity contribution in [2.75, 3.05) is 6.66 Å². The van der Waals surface area contributed by atoms with Crippen molar-refractivity contribution in [1.82, 2.24) is 5.32 Å². The van der Waals surface area contributed by atoms with Crippen molar-refractivity contribution >= 4 is 19.5 Å². The first-order valence-electron chi connectivity index (χ1n) is 6.49. The van der Waals surface area contributed by atoms with Crippen molar-refractivity contribution in [3.05, 3.63) is 35.9 Å². The molecule has 8 nitrogen and oxygen atoms in total. The number of hydrogen-bond acceptors (Lipinski definition) is 6. The Labute approximate surface area is 128 Å². The minimum absolute atomic E-state index is 0.311. The normalized spacial score (nSPS) is 16.2. The Balaban J connectivity index is 2.46. The quantitative estimate of drug-likeness (QED) is 0.374. The molecule has 122 valence electrons. The van der Waals surface area contributed by atoms with Crippen LogP contribution in [0.25, 0.3) is 0 Å². The van der Waals surface area contributed by atoms with Crippen LogP contribution in [0.4, 0.5) is 0 Å². The lowest BCUT2D eigenvalue weighted by Crippen LogP contribution is -2.48. The van der Waals surface area contributed by atoms with Gasteiger partial charge in [0.15, 0.2) is 0 Å². The SMILES string of the molecule is C[C@H](NC(=O)[C@@H](N)Cc1ccccc1)C(=O)OOP(C)(=O)O. The van der Waals surface area contributed by atoms with Crippen LogP contribution < -0.4 is 11.1 Å². The Bertz CT molecular complexity index is 559. The van der Waals surface area contributed by atoms with Crippen molar-refractivity contribution in [3.63, 3.8) is 0 Å². The first kappa shape index (κ1) is 18.3. The summed E-state index contributed by atoms with van der Waals surface area (Å²) < 4.78 is 14.9. The van der Waals surface area contributed by atoms with E-state index in [1.165, 1.54) is 6.92 Å². The minimum Gasteiger partial charge on any atom is -0.341 e. The molecule has 0 aliphatic heterocycles. The van der Waals surface area contributed by atoms with E-state index in [1.54, 1.807) is 0 Å². The third-order valence-electron chi connectivity index (χ3n) is 2.61. The van der Waals surface area contributed by atoms with Gasteiger partial charge in [0.2, 0.25) is 5.91 Å². The van der Waals surface area contributed by atoms with Gasteiger partial charge in [-0.25, -0.2) is 4.79 Å². The molecule has 1 aromatic rings. The fourth-order valence-electron chi connectivity index (χ4n) is 1.52. The van der Waals surface area contributed by atoms with Gasteiger partial charge in [0.25, 0.3) is 0 Å². The second-order valence-electron chi connectivity index (χ2n) is 4.81. The Kier molecular flexibility index (Phi) is 6.70. The second kappa shape index (κ2) is 8.05. The van der Waals surface area contributed by atoms with Gasteiger partial charge in [-0.1, -0.05) is 35.0 Å². The molecule has 0 heterocycles. The molecule has 0 aliphatic rings. The highest BCUT2D eigenvalue weighted by atomic mass is 31.2. The maximum Gasteiger partial charge on any atom is 0.364 e. The van der Waals surface area contributed by atoms with Crippen LogP contribution in [0.15, 0.2) is 30.3 Å². The van der Waals surface area contributed by atoms with Crippen LogP contribution >= 0.6 is 7.60 Å². The van der Waals surface area contributed by atoms with Crippen molar-refractivity contribution in [3.8, 4) is 0 Å². The Morgan fingerprint density at radius 2 is 1.95 bits per heavy atom. The molecule has 0 saturated carbocycles. The maximum absolute atomic E-state index is 11.9. The Morgan fingerprint density at radius 3 is 2.50 bits per heavy atom. The maximum atomic E-state index is 11.9. The smallest absolute Gasteiger partial charge is 0.341 e. The lowest BCUT2D eigenvalue weighted by molar-refractivity contribution is -0.218. The van der Waals surface area contributed by atoms with E-state index < -0.39 is 31.6 Å². The Morgan fingerprint density at radius 1 is 1.36 bits per heavy atom. The van der Waals surface area contributed by atoms with Crippen LogP contribution in [0.5, 0.6) is 0 Å². The van der Waals surface area contributed by atoms with Crippen molar-refractivity contribution in [1.29, 1.82) is 0 Å². The number of benzene rings is 1. The predicted octanol–water partition coefficient (Wildman–Crippen LogP) is 0.351. The lowest BCUT2D eigenvalue weighted by Gasteiger charge is -2.16. The van der Waals surface area contributed by atoms with Crippen LogP contribution in [0.3, 0.4) is 0 Å². The van der Waals surface area contributed by atoms with Gasteiger partial charge in [-0.15, -0.1) is 0 Å². The molecule has 1 unspecified atom stereocenters. The monoisotopic (exact) mass is 330 g/mol. The fraction of sp³-hybridized carbons (Fsp3) is 0.385. The lowest BCUT2D eigenvalue weighted by atomic mass is 10.1. The summed E-state index contributed by atoms with van der Waals surface area (Å²) in [6, 6.07) is 7.26. The van der Waals surface area contributed by atoms with E-state index in [2.05, 4.69) is 14.9 Å². The zero-order chi connectivity index (χ0) is 16.8. The summed E-state index contributed by atoms with van der Waals surface area (Å²) in [5, 5.41) is 2.35. The van der Waals surface area contributed by atoms with Gasteiger partial charge < -0.3 is 15.9 Å². The summed E-state index contributed by atoms with van der Waals surface area (Å²) in [6.07, 6.45) is 0.311.